The Morgan fingerprint density at radius 3 is 2.39 bits per heavy atom. The van der Waals surface area contributed by atoms with Crippen LogP contribution >= 0.6 is 15.9 Å². The highest BCUT2D eigenvalue weighted by atomic mass is 79.9. The fourth-order valence-corrected chi connectivity index (χ4v) is 2.96. The zero-order chi connectivity index (χ0) is 12.7. The molecule has 0 unspecified atom stereocenters. The van der Waals surface area contributed by atoms with Crippen molar-refractivity contribution in [3.8, 4) is 0 Å². The first-order chi connectivity index (χ1) is 8.68. The van der Waals surface area contributed by atoms with E-state index < -0.39 is 0 Å². The van der Waals surface area contributed by atoms with Crippen molar-refractivity contribution in [1.29, 1.82) is 0 Å². The van der Waals surface area contributed by atoms with Crippen molar-refractivity contribution in [3.63, 3.8) is 0 Å². The molecule has 0 amide bonds. The lowest BCUT2D eigenvalue weighted by Crippen LogP contribution is -1.93. The van der Waals surface area contributed by atoms with Crippen molar-refractivity contribution in [3.05, 3.63) is 75.3 Å². The number of Topliss-reactive ketones (excluding diaryl/α,β-unsaturated/α-hetero) is 1. The first kappa shape index (κ1) is 11.4. The smallest absolute Gasteiger partial charge is 0.201 e. The minimum absolute atomic E-state index is 0.0730. The maximum Gasteiger partial charge on any atom is 0.201 e. The highest BCUT2D eigenvalue weighted by Crippen LogP contribution is 2.40. The molecule has 2 aromatic rings. The largest absolute Gasteiger partial charge is 0.288 e. The van der Waals surface area contributed by atoms with E-state index in [-0.39, 0.29) is 5.78 Å². The Morgan fingerprint density at radius 2 is 1.67 bits per heavy atom. The zero-order valence-corrected chi connectivity index (χ0v) is 11.5. The Morgan fingerprint density at radius 1 is 0.944 bits per heavy atom. The second-order valence-corrected chi connectivity index (χ2v) is 5.23. The molecule has 1 aliphatic carbocycles. The average molecular weight is 299 g/mol. The third-order valence-corrected chi connectivity index (χ3v) is 3.93. The Bertz CT molecular complexity index is 669. The highest BCUT2D eigenvalue weighted by molar-refractivity contribution is 9.12. The third-order valence-electron chi connectivity index (χ3n) is 3.17. The van der Waals surface area contributed by atoms with Gasteiger partial charge in [0.2, 0.25) is 5.78 Å². The average Bonchev–Trinajstić information content (AvgIpc) is 2.63. The van der Waals surface area contributed by atoms with Crippen LogP contribution in [0, 0.1) is 6.92 Å². The van der Waals surface area contributed by atoms with Gasteiger partial charge >= 0.3 is 0 Å². The standard InChI is InChI=1S/C16H11BrO/c1-10-7-8-12-13(9-10)14(15(17)16(12)18)11-5-3-2-4-6-11/h2-9H,1H3. The molecule has 0 spiro atoms. The second kappa shape index (κ2) is 4.21. The molecule has 0 radical (unpaired) electrons. The number of allylic oxidation sites excluding steroid dienone is 1. The summed E-state index contributed by atoms with van der Waals surface area (Å²) in [6, 6.07) is 16.0. The lowest BCUT2D eigenvalue weighted by Gasteiger charge is -2.06. The van der Waals surface area contributed by atoms with Crippen molar-refractivity contribution in [2.24, 2.45) is 0 Å². The Balaban J connectivity index is 2.28. The predicted octanol–water partition coefficient (Wildman–Crippen LogP) is 4.35. The maximum absolute atomic E-state index is 12.2. The fourth-order valence-electron chi connectivity index (χ4n) is 2.30. The van der Waals surface area contributed by atoms with Gasteiger partial charge in [-0.3, -0.25) is 4.79 Å². The number of carbonyl (C=O) groups excluding carboxylic acids is 1. The quantitative estimate of drug-likeness (QED) is 0.765. The monoisotopic (exact) mass is 298 g/mol. The molecule has 0 aliphatic heterocycles. The second-order valence-electron chi connectivity index (χ2n) is 4.43. The molecule has 0 N–H and O–H groups in total. The first-order valence-electron chi connectivity index (χ1n) is 5.79. The highest BCUT2D eigenvalue weighted by Gasteiger charge is 2.28. The summed E-state index contributed by atoms with van der Waals surface area (Å²) in [7, 11) is 0. The van der Waals surface area contributed by atoms with Crippen LogP contribution in [-0.4, -0.2) is 5.78 Å². The molecule has 1 nitrogen and oxygen atoms in total. The topological polar surface area (TPSA) is 17.1 Å². The Kier molecular flexibility index (Phi) is 2.67. The number of aryl methyl sites for hydroxylation is 1. The van der Waals surface area contributed by atoms with Gasteiger partial charge in [0.1, 0.15) is 0 Å². The summed E-state index contributed by atoms with van der Waals surface area (Å²) < 4.78 is 0.661. The van der Waals surface area contributed by atoms with Crippen molar-refractivity contribution < 1.29 is 4.79 Å². The number of rotatable bonds is 1. The third kappa shape index (κ3) is 1.65. The van der Waals surface area contributed by atoms with Crippen molar-refractivity contribution in [2.75, 3.05) is 0 Å². The molecule has 0 heterocycles. The molecule has 0 atom stereocenters. The SMILES string of the molecule is Cc1ccc2c(c1)C(c1ccccc1)=C(Br)C2=O. The molecule has 88 valence electrons. The van der Waals surface area contributed by atoms with E-state index in [2.05, 4.69) is 22.0 Å². The lowest BCUT2D eigenvalue weighted by molar-refractivity contribution is 0.104. The van der Waals surface area contributed by atoms with E-state index in [0.717, 1.165) is 27.8 Å². The van der Waals surface area contributed by atoms with Gasteiger partial charge < -0.3 is 0 Å². The molecule has 0 saturated carbocycles. The number of ketones is 1. The van der Waals surface area contributed by atoms with Gasteiger partial charge in [0.15, 0.2) is 0 Å². The van der Waals surface area contributed by atoms with E-state index in [1.807, 2.05) is 49.4 Å². The number of fused-ring (bicyclic) bond motifs is 1. The van der Waals surface area contributed by atoms with Crippen LogP contribution in [-0.2, 0) is 0 Å². The van der Waals surface area contributed by atoms with Gasteiger partial charge in [-0.25, -0.2) is 0 Å². The van der Waals surface area contributed by atoms with Crippen LogP contribution in [0.25, 0.3) is 5.57 Å². The molecular weight excluding hydrogens is 288 g/mol. The molecule has 3 rings (SSSR count). The van der Waals surface area contributed by atoms with Crippen LogP contribution in [0.2, 0.25) is 0 Å². The normalized spacial score (nSPS) is 14.0. The molecule has 1 aliphatic rings. The molecule has 18 heavy (non-hydrogen) atoms. The minimum Gasteiger partial charge on any atom is -0.288 e. The summed E-state index contributed by atoms with van der Waals surface area (Å²) >= 11 is 3.44. The lowest BCUT2D eigenvalue weighted by atomic mass is 9.98. The van der Waals surface area contributed by atoms with Crippen LogP contribution in [0.3, 0.4) is 0 Å². The Labute approximate surface area is 114 Å². The van der Waals surface area contributed by atoms with E-state index in [1.54, 1.807) is 0 Å². The van der Waals surface area contributed by atoms with Crippen molar-refractivity contribution >= 4 is 27.3 Å². The maximum atomic E-state index is 12.2. The van der Waals surface area contributed by atoms with Crippen molar-refractivity contribution in [2.45, 2.75) is 6.92 Å². The number of halogens is 1. The van der Waals surface area contributed by atoms with Gasteiger partial charge in [-0.15, -0.1) is 0 Å². The van der Waals surface area contributed by atoms with Gasteiger partial charge in [0.25, 0.3) is 0 Å². The summed E-state index contributed by atoms with van der Waals surface area (Å²) in [5, 5.41) is 0. The van der Waals surface area contributed by atoms with E-state index in [4.69, 9.17) is 0 Å². The van der Waals surface area contributed by atoms with Crippen molar-refractivity contribution in [1.82, 2.24) is 0 Å². The molecule has 0 bridgehead atoms. The molecule has 2 aromatic carbocycles. The summed E-state index contributed by atoms with van der Waals surface area (Å²) in [5.74, 6) is 0.0730. The van der Waals surface area contributed by atoms with E-state index in [0.29, 0.717) is 4.48 Å². The minimum atomic E-state index is 0.0730. The van der Waals surface area contributed by atoms with Crippen LogP contribution in [0.1, 0.15) is 27.0 Å². The van der Waals surface area contributed by atoms with Crippen LogP contribution in [0.5, 0.6) is 0 Å². The van der Waals surface area contributed by atoms with Crippen LogP contribution in [0.4, 0.5) is 0 Å². The summed E-state index contributed by atoms with van der Waals surface area (Å²) in [6.07, 6.45) is 0. The van der Waals surface area contributed by atoms with E-state index in [9.17, 15) is 4.79 Å². The first-order valence-corrected chi connectivity index (χ1v) is 6.58. The van der Waals surface area contributed by atoms with Gasteiger partial charge in [-0.05, 0) is 34.0 Å². The summed E-state index contributed by atoms with van der Waals surface area (Å²) in [5.41, 5.74) is 5.04. The van der Waals surface area contributed by atoms with Gasteiger partial charge in [0.05, 0.1) is 4.48 Å². The molecular formula is C16H11BrO. The molecule has 0 aromatic heterocycles. The summed E-state index contributed by atoms with van der Waals surface area (Å²) in [4.78, 5) is 12.2. The van der Waals surface area contributed by atoms with Crippen LogP contribution < -0.4 is 0 Å². The predicted molar refractivity (Wildman–Crippen MR) is 76.9 cm³/mol. The molecule has 2 heteroatoms. The number of hydrogen-bond acceptors (Lipinski definition) is 1. The van der Waals surface area contributed by atoms with Gasteiger partial charge in [0, 0.05) is 11.1 Å². The number of hydrogen-bond donors (Lipinski definition) is 0. The summed E-state index contributed by atoms with van der Waals surface area (Å²) in [6.45, 7) is 2.04. The van der Waals surface area contributed by atoms with Crippen LogP contribution in [0.15, 0.2) is 53.0 Å². The Hall–Kier alpha value is -1.67. The fraction of sp³-hybridized carbons (Fsp3) is 0.0625. The van der Waals surface area contributed by atoms with Gasteiger partial charge in [-0.1, -0.05) is 54.1 Å². The molecule has 0 fully saturated rings. The molecule has 0 saturated heterocycles. The van der Waals surface area contributed by atoms with E-state index >= 15 is 0 Å². The van der Waals surface area contributed by atoms with Gasteiger partial charge in [-0.2, -0.15) is 0 Å². The number of benzene rings is 2. The number of carbonyl (C=O) groups is 1. The zero-order valence-electron chi connectivity index (χ0n) is 9.91. The van der Waals surface area contributed by atoms with E-state index in [1.165, 1.54) is 0 Å².